The average molecular weight is 501 g/mol. The highest BCUT2D eigenvalue weighted by molar-refractivity contribution is 5.16. The molecule has 2 heterocycles. The van der Waals surface area contributed by atoms with Crippen molar-refractivity contribution in [2.24, 2.45) is 0 Å². The SMILES string of the molecule is O[C@@H]1[C@@H](OCc2ccccc2)[C@H](OCc2ccccc2)[C@@H](COCc2ccccc2)O[C@H]1c1ccco1. The summed E-state index contributed by atoms with van der Waals surface area (Å²) in [4.78, 5) is 0. The molecule has 1 N–H and O–H groups in total. The first-order valence-corrected chi connectivity index (χ1v) is 12.6. The Morgan fingerprint density at radius 2 is 1.16 bits per heavy atom. The van der Waals surface area contributed by atoms with Crippen LogP contribution < -0.4 is 0 Å². The predicted octanol–water partition coefficient (Wildman–Crippen LogP) is 5.47. The highest BCUT2D eigenvalue weighted by Crippen LogP contribution is 2.36. The lowest BCUT2D eigenvalue weighted by atomic mass is 9.93. The molecule has 3 aromatic carbocycles. The molecule has 4 aromatic rings. The second-order valence-electron chi connectivity index (χ2n) is 9.12. The minimum Gasteiger partial charge on any atom is -0.466 e. The molecule has 1 aliphatic heterocycles. The summed E-state index contributed by atoms with van der Waals surface area (Å²) < 4.78 is 30.8. The van der Waals surface area contributed by atoms with Gasteiger partial charge in [0.2, 0.25) is 0 Å². The van der Waals surface area contributed by atoms with Crippen molar-refractivity contribution in [1.29, 1.82) is 0 Å². The number of rotatable bonds is 11. The normalized spacial score (nSPS) is 23.6. The van der Waals surface area contributed by atoms with Gasteiger partial charge >= 0.3 is 0 Å². The van der Waals surface area contributed by atoms with Crippen LogP contribution in [0.15, 0.2) is 114 Å². The zero-order valence-corrected chi connectivity index (χ0v) is 20.6. The fourth-order valence-electron chi connectivity index (χ4n) is 4.54. The van der Waals surface area contributed by atoms with Gasteiger partial charge in [-0.3, -0.25) is 0 Å². The number of aliphatic hydroxyl groups excluding tert-OH is 1. The first-order valence-electron chi connectivity index (χ1n) is 12.6. The van der Waals surface area contributed by atoms with Gasteiger partial charge in [-0.15, -0.1) is 0 Å². The van der Waals surface area contributed by atoms with Crippen LogP contribution in [0.1, 0.15) is 28.6 Å². The van der Waals surface area contributed by atoms with Gasteiger partial charge in [-0.1, -0.05) is 91.0 Å². The van der Waals surface area contributed by atoms with Crippen LogP contribution in [0.4, 0.5) is 0 Å². The van der Waals surface area contributed by atoms with E-state index >= 15 is 0 Å². The van der Waals surface area contributed by atoms with E-state index in [9.17, 15) is 5.11 Å². The standard InChI is InChI=1S/C31H32O6/c32-28-29(26-17-10-18-34-26)37-27(22-33-19-23-11-4-1-5-12-23)30(35-20-24-13-6-2-7-14-24)31(28)36-21-25-15-8-3-9-16-25/h1-18,27-32H,19-22H2/t27-,28+,29+,30-,31-/m1/s1. The molecule has 0 radical (unpaired) electrons. The zero-order valence-electron chi connectivity index (χ0n) is 20.6. The third-order valence-corrected chi connectivity index (χ3v) is 6.45. The van der Waals surface area contributed by atoms with Crippen LogP contribution in [0.5, 0.6) is 0 Å². The van der Waals surface area contributed by atoms with Gasteiger partial charge in [-0.25, -0.2) is 0 Å². The van der Waals surface area contributed by atoms with Crippen molar-refractivity contribution in [3.05, 3.63) is 132 Å². The highest BCUT2D eigenvalue weighted by atomic mass is 16.6. The van der Waals surface area contributed by atoms with Crippen molar-refractivity contribution in [2.75, 3.05) is 6.61 Å². The van der Waals surface area contributed by atoms with E-state index in [1.165, 1.54) is 0 Å². The molecule has 37 heavy (non-hydrogen) atoms. The molecule has 0 spiro atoms. The number of hydrogen-bond acceptors (Lipinski definition) is 6. The second-order valence-corrected chi connectivity index (χ2v) is 9.12. The molecule has 5 rings (SSSR count). The third-order valence-electron chi connectivity index (χ3n) is 6.45. The van der Waals surface area contributed by atoms with Crippen molar-refractivity contribution < 1.29 is 28.5 Å². The van der Waals surface area contributed by atoms with Gasteiger partial charge in [0.15, 0.2) is 0 Å². The lowest BCUT2D eigenvalue weighted by molar-refractivity contribution is -0.266. The van der Waals surface area contributed by atoms with E-state index in [-0.39, 0.29) is 6.61 Å². The molecule has 6 heteroatoms. The van der Waals surface area contributed by atoms with Gasteiger partial charge in [-0.2, -0.15) is 0 Å². The predicted molar refractivity (Wildman–Crippen MR) is 138 cm³/mol. The minimum absolute atomic E-state index is 0.267. The maximum Gasteiger partial charge on any atom is 0.144 e. The van der Waals surface area contributed by atoms with Crippen LogP contribution in [0.25, 0.3) is 0 Å². The molecule has 1 aromatic heterocycles. The molecular weight excluding hydrogens is 468 g/mol. The summed E-state index contributed by atoms with van der Waals surface area (Å²) >= 11 is 0. The Morgan fingerprint density at radius 3 is 1.70 bits per heavy atom. The summed E-state index contributed by atoms with van der Waals surface area (Å²) in [5.74, 6) is 0.537. The molecule has 6 nitrogen and oxygen atoms in total. The largest absolute Gasteiger partial charge is 0.466 e. The number of ether oxygens (including phenoxy) is 4. The average Bonchev–Trinajstić information content (AvgIpc) is 3.49. The quantitative estimate of drug-likeness (QED) is 0.295. The van der Waals surface area contributed by atoms with Crippen molar-refractivity contribution >= 4 is 0 Å². The van der Waals surface area contributed by atoms with Crippen LogP contribution in [0, 0.1) is 0 Å². The van der Waals surface area contributed by atoms with Crippen LogP contribution in [0.2, 0.25) is 0 Å². The molecule has 1 saturated heterocycles. The Hall–Kier alpha value is -3.26. The summed E-state index contributed by atoms with van der Waals surface area (Å²) in [7, 11) is 0. The number of furan rings is 1. The molecule has 1 aliphatic rings. The van der Waals surface area contributed by atoms with Crippen molar-refractivity contribution in [3.63, 3.8) is 0 Å². The van der Waals surface area contributed by atoms with E-state index in [2.05, 4.69) is 0 Å². The molecule has 0 bridgehead atoms. The zero-order chi connectivity index (χ0) is 25.3. The van der Waals surface area contributed by atoms with Crippen molar-refractivity contribution in [1.82, 2.24) is 0 Å². The molecular formula is C31H32O6. The topological polar surface area (TPSA) is 70.3 Å². The summed E-state index contributed by atoms with van der Waals surface area (Å²) in [6, 6.07) is 33.4. The van der Waals surface area contributed by atoms with E-state index in [1.807, 2.05) is 91.0 Å². The highest BCUT2D eigenvalue weighted by Gasteiger charge is 2.48. The molecule has 1 fully saturated rings. The van der Waals surface area contributed by atoms with E-state index < -0.39 is 30.5 Å². The molecule has 5 atom stereocenters. The Morgan fingerprint density at radius 1 is 0.622 bits per heavy atom. The molecule has 0 amide bonds. The molecule has 0 saturated carbocycles. The Balaban J connectivity index is 1.37. The fraction of sp³-hybridized carbons (Fsp3) is 0.290. The smallest absolute Gasteiger partial charge is 0.144 e. The fourth-order valence-corrected chi connectivity index (χ4v) is 4.54. The van der Waals surface area contributed by atoms with E-state index in [0.717, 1.165) is 16.7 Å². The number of benzene rings is 3. The van der Waals surface area contributed by atoms with E-state index in [4.69, 9.17) is 23.4 Å². The van der Waals surface area contributed by atoms with Crippen LogP contribution in [-0.2, 0) is 38.8 Å². The van der Waals surface area contributed by atoms with Gasteiger partial charge in [0, 0.05) is 0 Å². The number of hydrogen-bond donors (Lipinski definition) is 1. The van der Waals surface area contributed by atoms with Gasteiger partial charge < -0.3 is 28.5 Å². The number of aliphatic hydroxyl groups is 1. The summed E-state index contributed by atoms with van der Waals surface area (Å²) in [6.45, 7) is 1.39. The van der Waals surface area contributed by atoms with Crippen molar-refractivity contribution in [2.45, 2.75) is 50.3 Å². The van der Waals surface area contributed by atoms with Gasteiger partial charge in [0.1, 0.15) is 36.3 Å². The monoisotopic (exact) mass is 500 g/mol. The van der Waals surface area contributed by atoms with Gasteiger partial charge in [-0.05, 0) is 28.8 Å². The van der Waals surface area contributed by atoms with Gasteiger partial charge in [0.25, 0.3) is 0 Å². The van der Waals surface area contributed by atoms with Crippen LogP contribution in [-0.4, -0.2) is 36.1 Å². The molecule has 0 aliphatic carbocycles. The van der Waals surface area contributed by atoms with Crippen LogP contribution in [0.3, 0.4) is 0 Å². The van der Waals surface area contributed by atoms with Crippen LogP contribution >= 0.6 is 0 Å². The Labute approximate surface area is 217 Å². The Kier molecular flexibility index (Phi) is 8.79. The Bertz CT molecular complexity index is 1170. The first-order chi connectivity index (χ1) is 18.3. The first kappa shape index (κ1) is 25.4. The van der Waals surface area contributed by atoms with E-state index in [0.29, 0.717) is 25.6 Å². The van der Waals surface area contributed by atoms with E-state index in [1.54, 1.807) is 18.4 Å². The summed E-state index contributed by atoms with van der Waals surface area (Å²) in [5.41, 5.74) is 3.10. The summed E-state index contributed by atoms with van der Waals surface area (Å²) in [6.07, 6.45) is -1.87. The minimum atomic E-state index is -0.999. The summed E-state index contributed by atoms with van der Waals surface area (Å²) in [5, 5.41) is 11.4. The maximum absolute atomic E-state index is 11.4. The molecule has 192 valence electrons. The lowest BCUT2D eigenvalue weighted by Crippen LogP contribution is -2.57. The van der Waals surface area contributed by atoms with Gasteiger partial charge in [0.05, 0.1) is 32.7 Å². The lowest BCUT2D eigenvalue weighted by Gasteiger charge is -2.44. The molecule has 0 unspecified atom stereocenters. The second kappa shape index (κ2) is 12.8. The third kappa shape index (κ3) is 6.74. The maximum atomic E-state index is 11.4. The van der Waals surface area contributed by atoms with Crippen molar-refractivity contribution in [3.8, 4) is 0 Å².